The fraction of sp³-hybridized carbons (Fsp3) is 0.240. The molecule has 1 aromatic heterocycles. The summed E-state index contributed by atoms with van der Waals surface area (Å²) in [6, 6.07) is 14.6. The Morgan fingerprint density at radius 3 is 2.47 bits per heavy atom. The summed E-state index contributed by atoms with van der Waals surface area (Å²) < 4.78 is 5.15. The van der Waals surface area contributed by atoms with Crippen molar-refractivity contribution in [3.05, 3.63) is 60.3 Å². The smallest absolute Gasteiger partial charge is 0.304 e. The van der Waals surface area contributed by atoms with E-state index in [-0.39, 0.29) is 12.2 Å². The van der Waals surface area contributed by atoms with Crippen LogP contribution < -0.4 is 10.2 Å². The third-order valence-corrected chi connectivity index (χ3v) is 5.35. The van der Waals surface area contributed by atoms with Crippen molar-refractivity contribution in [1.82, 2.24) is 4.98 Å². The molecule has 0 saturated heterocycles. The van der Waals surface area contributed by atoms with E-state index in [9.17, 15) is 29.4 Å². The third kappa shape index (κ3) is 6.25. The maximum absolute atomic E-state index is 13.6. The topological polar surface area (TPSA) is 173 Å². The van der Waals surface area contributed by atoms with Crippen LogP contribution in [0.15, 0.2) is 54.7 Å². The molecular weight excluding hydrogens is 468 g/mol. The number of rotatable bonds is 10. The molecule has 0 spiro atoms. The molecule has 2 atom stereocenters. The lowest BCUT2D eigenvalue weighted by atomic mass is 9.95. The molecule has 0 radical (unpaired) electrons. The number of carboxylic acid groups (broad SMARTS) is 1. The maximum atomic E-state index is 13.6. The number of carbonyl (C=O) groups is 4. The zero-order chi connectivity index (χ0) is 26.2. The van der Waals surface area contributed by atoms with E-state index < -0.39 is 48.8 Å². The molecule has 0 aliphatic heterocycles. The van der Waals surface area contributed by atoms with E-state index >= 15 is 0 Å². The number of hydrogen-bond acceptors (Lipinski definition) is 7. The number of fused-ring (bicyclic) bond motifs is 1. The predicted octanol–water partition coefficient (Wildman–Crippen LogP) is 2.03. The number of carbonyl (C=O) groups excluding carboxylic acids is 3. The first-order chi connectivity index (χ1) is 17.2. The Morgan fingerprint density at radius 1 is 1.14 bits per heavy atom. The monoisotopic (exact) mass is 492 g/mol. The number of H-pyrrole nitrogens is 1. The first-order valence-electron chi connectivity index (χ1n) is 10.9. The van der Waals surface area contributed by atoms with E-state index in [0.29, 0.717) is 16.8 Å². The second kappa shape index (κ2) is 11.6. The van der Waals surface area contributed by atoms with E-state index in [1.54, 1.807) is 24.4 Å². The van der Waals surface area contributed by atoms with Crippen molar-refractivity contribution in [2.24, 2.45) is 5.92 Å². The number of carboxylic acids is 1. The van der Waals surface area contributed by atoms with Crippen molar-refractivity contribution >= 4 is 46.0 Å². The summed E-state index contributed by atoms with van der Waals surface area (Å²) in [6.07, 6.45) is -0.883. The number of aromatic nitrogens is 1. The Bertz CT molecular complexity index is 1310. The van der Waals surface area contributed by atoms with Gasteiger partial charge in [-0.15, -0.1) is 0 Å². The zero-order valence-electron chi connectivity index (χ0n) is 19.3. The van der Waals surface area contributed by atoms with Gasteiger partial charge in [-0.25, -0.2) is 0 Å². The molecular formula is C25H24N4O7. The van der Waals surface area contributed by atoms with Gasteiger partial charge in [0.15, 0.2) is 6.10 Å². The normalized spacial score (nSPS) is 12.2. The van der Waals surface area contributed by atoms with Gasteiger partial charge in [0, 0.05) is 36.6 Å². The molecule has 2 aromatic carbocycles. The number of aliphatic carboxylic acids is 1. The van der Waals surface area contributed by atoms with Crippen molar-refractivity contribution in [1.29, 1.82) is 5.26 Å². The summed E-state index contributed by atoms with van der Waals surface area (Å²) in [7, 11) is 0. The predicted molar refractivity (Wildman–Crippen MR) is 129 cm³/mol. The van der Waals surface area contributed by atoms with Gasteiger partial charge in [-0.05, 0) is 47.9 Å². The lowest BCUT2D eigenvalue weighted by Gasteiger charge is -2.30. The van der Waals surface area contributed by atoms with Crippen molar-refractivity contribution in [2.75, 3.05) is 23.4 Å². The van der Waals surface area contributed by atoms with Crippen LogP contribution in [0.25, 0.3) is 10.9 Å². The number of anilines is 2. The second-order valence-corrected chi connectivity index (χ2v) is 7.88. The van der Waals surface area contributed by atoms with E-state index in [1.807, 2.05) is 12.1 Å². The lowest BCUT2D eigenvalue weighted by molar-refractivity contribution is -0.160. The number of aliphatic hydroxyl groups excluding tert-OH is 1. The first kappa shape index (κ1) is 25.9. The SMILES string of the molecule is CC(=O)O[C@@H](C(=O)Nc1ccc(C#N)cc1)[C@@H](CC(=O)O)C(=O)N(CCO)c1ccc2cc[nH]c2c1. The van der Waals surface area contributed by atoms with Crippen molar-refractivity contribution < 1.29 is 34.1 Å². The highest BCUT2D eigenvalue weighted by atomic mass is 16.5. The highest BCUT2D eigenvalue weighted by Gasteiger charge is 2.40. The number of aromatic amines is 1. The minimum absolute atomic E-state index is 0.189. The number of amides is 2. The molecule has 11 nitrogen and oxygen atoms in total. The summed E-state index contributed by atoms with van der Waals surface area (Å²) in [4.78, 5) is 54.4. The molecule has 0 saturated carbocycles. The first-order valence-corrected chi connectivity index (χ1v) is 10.9. The number of nitrogens with one attached hydrogen (secondary N) is 2. The number of nitriles is 1. The summed E-state index contributed by atoms with van der Waals surface area (Å²) in [5.41, 5.74) is 1.66. The Hall–Kier alpha value is -4.69. The molecule has 3 rings (SSSR count). The molecule has 186 valence electrons. The van der Waals surface area contributed by atoms with Crippen molar-refractivity contribution in [3.8, 4) is 6.07 Å². The highest BCUT2D eigenvalue weighted by molar-refractivity contribution is 6.04. The second-order valence-electron chi connectivity index (χ2n) is 7.88. The van der Waals surface area contributed by atoms with Crippen LogP contribution in [-0.4, -0.2) is 58.2 Å². The van der Waals surface area contributed by atoms with Gasteiger partial charge in [0.1, 0.15) is 0 Å². The largest absolute Gasteiger partial charge is 0.481 e. The van der Waals surface area contributed by atoms with Gasteiger partial charge in [0.05, 0.1) is 30.6 Å². The van der Waals surface area contributed by atoms with Crippen molar-refractivity contribution in [3.63, 3.8) is 0 Å². The van der Waals surface area contributed by atoms with Gasteiger partial charge in [0.2, 0.25) is 5.91 Å². The van der Waals surface area contributed by atoms with Crippen LogP contribution in [0.2, 0.25) is 0 Å². The number of aliphatic hydroxyl groups is 1. The van der Waals surface area contributed by atoms with E-state index in [4.69, 9.17) is 10.00 Å². The molecule has 0 aliphatic rings. The molecule has 3 aromatic rings. The molecule has 36 heavy (non-hydrogen) atoms. The lowest BCUT2D eigenvalue weighted by Crippen LogP contribution is -2.49. The van der Waals surface area contributed by atoms with E-state index in [0.717, 1.165) is 17.2 Å². The van der Waals surface area contributed by atoms with Gasteiger partial charge in [-0.1, -0.05) is 6.07 Å². The van der Waals surface area contributed by atoms with E-state index in [1.165, 1.54) is 24.3 Å². The quantitative estimate of drug-likeness (QED) is 0.311. The van der Waals surface area contributed by atoms with Crippen molar-refractivity contribution in [2.45, 2.75) is 19.4 Å². The standard InChI is InChI=1S/C25H24N4O7/c1-15(31)36-23(24(34)28-18-5-2-16(14-26)3-6-18)20(13-22(32)33)25(35)29(10-11-30)19-7-4-17-8-9-27-21(17)12-19/h2-9,12,20,23,27,30H,10-11,13H2,1H3,(H,28,34)(H,32,33)/t20-,23-/m1/s1. The number of esters is 1. The summed E-state index contributed by atoms with van der Waals surface area (Å²) in [5, 5.41) is 31.4. The van der Waals surface area contributed by atoms with Gasteiger partial charge in [-0.3, -0.25) is 19.2 Å². The summed E-state index contributed by atoms with van der Waals surface area (Å²) in [5.74, 6) is -5.62. The van der Waals surface area contributed by atoms with Gasteiger partial charge >= 0.3 is 11.9 Å². The molecule has 2 amide bonds. The number of hydrogen-bond donors (Lipinski definition) is 4. The average molecular weight is 492 g/mol. The minimum atomic E-state index is -1.78. The fourth-order valence-corrected chi connectivity index (χ4v) is 3.72. The Morgan fingerprint density at radius 2 is 1.86 bits per heavy atom. The van der Waals surface area contributed by atoms with Gasteiger partial charge in [-0.2, -0.15) is 5.26 Å². The average Bonchev–Trinajstić information content (AvgIpc) is 3.32. The molecule has 0 aliphatic carbocycles. The van der Waals surface area contributed by atoms with Crippen LogP contribution in [0.4, 0.5) is 11.4 Å². The number of benzene rings is 2. The number of ether oxygens (including phenoxy) is 1. The molecule has 1 heterocycles. The summed E-state index contributed by atoms with van der Waals surface area (Å²) in [6.45, 7) is 0.407. The minimum Gasteiger partial charge on any atom is -0.481 e. The fourth-order valence-electron chi connectivity index (χ4n) is 3.72. The Balaban J connectivity index is 1.97. The summed E-state index contributed by atoms with van der Waals surface area (Å²) >= 11 is 0. The van der Waals surface area contributed by atoms with Gasteiger partial charge < -0.3 is 30.2 Å². The maximum Gasteiger partial charge on any atom is 0.304 e. The number of nitrogens with zero attached hydrogens (tertiary/aromatic N) is 2. The van der Waals surface area contributed by atoms with Crippen LogP contribution in [-0.2, 0) is 23.9 Å². The molecule has 0 unspecified atom stereocenters. The molecule has 4 N–H and O–H groups in total. The Labute approximate surface area is 205 Å². The highest BCUT2D eigenvalue weighted by Crippen LogP contribution is 2.26. The van der Waals surface area contributed by atoms with E-state index in [2.05, 4.69) is 10.3 Å². The van der Waals surface area contributed by atoms with Crippen LogP contribution >= 0.6 is 0 Å². The van der Waals surface area contributed by atoms with Crippen LogP contribution in [0.3, 0.4) is 0 Å². The molecule has 11 heteroatoms. The molecule has 0 fully saturated rings. The van der Waals surface area contributed by atoms with Crippen LogP contribution in [0.1, 0.15) is 18.9 Å². The zero-order valence-corrected chi connectivity index (χ0v) is 19.3. The Kier molecular flexibility index (Phi) is 8.38. The third-order valence-electron chi connectivity index (χ3n) is 5.35. The molecule has 0 bridgehead atoms. The van der Waals surface area contributed by atoms with Gasteiger partial charge in [0.25, 0.3) is 5.91 Å². The van der Waals surface area contributed by atoms with Crippen LogP contribution in [0.5, 0.6) is 0 Å². The van der Waals surface area contributed by atoms with Crippen LogP contribution in [0, 0.1) is 17.2 Å².